The van der Waals surface area contributed by atoms with Gasteiger partial charge in [-0.1, -0.05) is 35.9 Å². The summed E-state index contributed by atoms with van der Waals surface area (Å²) in [7, 11) is -5.48. The van der Waals surface area contributed by atoms with Crippen LogP contribution >= 0.6 is 11.6 Å². The van der Waals surface area contributed by atoms with Crippen molar-refractivity contribution >= 4 is 38.2 Å². The summed E-state index contributed by atoms with van der Waals surface area (Å²) in [6.07, 6.45) is 1.16. The van der Waals surface area contributed by atoms with Gasteiger partial charge >= 0.3 is 45.1 Å². The Balaban J connectivity index is 0.00000220. The normalized spacial score (nSPS) is 15.1. The Morgan fingerprint density at radius 2 is 1.87 bits per heavy atom. The number of sulfonamides is 1. The third-order valence-corrected chi connectivity index (χ3v) is 7.47. The number of nitrogens with one attached hydrogen (secondary N) is 1. The maximum absolute atomic E-state index is 12.7. The van der Waals surface area contributed by atoms with Crippen LogP contribution in [-0.4, -0.2) is 25.5 Å². The van der Waals surface area contributed by atoms with Gasteiger partial charge in [0, 0.05) is 22.0 Å². The number of hydrogen-bond acceptors (Lipinski definition) is 5. The predicted molar refractivity (Wildman–Crippen MR) is 140 cm³/mol. The second kappa shape index (κ2) is 11.9. The SMILES string of the molecule is O=S(=O)(Nc1cccc(CC2COc3ccc(OCc4ccc5ccc(Cl)cc5n4)cc3C2)c1)C(F)(F)F.[H-].[Na+]. The van der Waals surface area contributed by atoms with Crippen molar-refractivity contribution in [2.45, 2.75) is 25.0 Å². The molecule has 0 radical (unpaired) electrons. The first kappa shape index (κ1) is 29.5. The largest absolute Gasteiger partial charge is 1.00 e. The van der Waals surface area contributed by atoms with Crippen LogP contribution in [0.1, 0.15) is 18.2 Å². The summed E-state index contributed by atoms with van der Waals surface area (Å²) >= 11 is 6.07. The minimum atomic E-state index is -5.48. The third kappa shape index (κ3) is 7.18. The first-order chi connectivity index (χ1) is 18.1. The number of hydrogen-bond donors (Lipinski definition) is 1. The molecule has 1 N–H and O–H groups in total. The zero-order valence-corrected chi connectivity index (χ0v) is 24.4. The number of anilines is 1. The molecule has 12 heteroatoms. The first-order valence-electron chi connectivity index (χ1n) is 11.7. The van der Waals surface area contributed by atoms with Crippen LogP contribution < -0.4 is 43.8 Å². The fraction of sp³-hybridized carbons (Fsp3) is 0.222. The average Bonchev–Trinajstić information content (AvgIpc) is 2.86. The van der Waals surface area contributed by atoms with E-state index in [2.05, 4.69) is 4.98 Å². The number of nitrogens with zero attached hydrogens (tertiary/aromatic N) is 1. The Kier molecular flexibility index (Phi) is 9.02. The van der Waals surface area contributed by atoms with E-state index >= 15 is 0 Å². The van der Waals surface area contributed by atoms with Crippen molar-refractivity contribution in [1.82, 2.24) is 4.98 Å². The topological polar surface area (TPSA) is 77.5 Å². The molecule has 2 heterocycles. The van der Waals surface area contributed by atoms with Crippen molar-refractivity contribution < 1.29 is 62.0 Å². The molecular formula is C27H23ClF3N2NaO4S. The van der Waals surface area contributed by atoms with Crippen LogP contribution in [0.2, 0.25) is 5.02 Å². The van der Waals surface area contributed by atoms with E-state index in [0.29, 0.717) is 35.8 Å². The number of alkyl halides is 3. The smallest absolute Gasteiger partial charge is 1.00 e. The predicted octanol–water partition coefficient (Wildman–Crippen LogP) is 3.64. The summed E-state index contributed by atoms with van der Waals surface area (Å²) in [5.41, 5.74) is -2.34. The molecule has 4 aromatic rings. The van der Waals surface area contributed by atoms with E-state index in [1.807, 2.05) is 42.5 Å². The minimum Gasteiger partial charge on any atom is -1.00 e. The van der Waals surface area contributed by atoms with E-state index in [1.54, 1.807) is 16.9 Å². The summed E-state index contributed by atoms with van der Waals surface area (Å²) in [5.74, 6) is 1.45. The number of pyridine rings is 1. The van der Waals surface area contributed by atoms with E-state index < -0.39 is 15.5 Å². The molecule has 1 aliphatic rings. The molecular weight excluding hydrogens is 564 g/mol. The van der Waals surface area contributed by atoms with Crippen LogP contribution in [0.25, 0.3) is 10.9 Å². The Hall–Kier alpha value is -2.50. The van der Waals surface area contributed by atoms with Crippen molar-refractivity contribution in [3.63, 3.8) is 0 Å². The van der Waals surface area contributed by atoms with Gasteiger partial charge in [0.05, 0.1) is 17.8 Å². The van der Waals surface area contributed by atoms with Crippen LogP contribution in [-0.2, 0) is 29.5 Å². The van der Waals surface area contributed by atoms with Crippen LogP contribution in [0, 0.1) is 5.92 Å². The van der Waals surface area contributed by atoms with Gasteiger partial charge in [0.2, 0.25) is 0 Å². The van der Waals surface area contributed by atoms with E-state index in [-0.39, 0.29) is 49.2 Å². The molecule has 1 unspecified atom stereocenters. The van der Waals surface area contributed by atoms with Gasteiger partial charge in [-0.3, -0.25) is 4.72 Å². The first-order valence-corrected chi connectivity index (χ1v) is 13.5. The van der Waals surface area contributed by atoms with Crippen molar-refractivity contribution in [3.05, 3.63) is 94.6 Å². The summed E-state index contributed by atoms with van der Waals surface area (Å²) < 4.78 is 74.4. The van der Waals surface area contributed by atoms with Gasteiger partial charge in [-0.2, -0.15) is 21.6 Å². The van der Waals surface area contributed by atoms with Crippen LogP contribution in [0.4, 0.5) is 18.9 Å². The van der Waals surface area contributed by atoms with Crippen LogP contribution in [0.3, 0.4) is 0 Å². The van der Waals surface area contributed by atoms with Crippen LogP contribution in [0.15, 0.2) is 72.8 Å². The minimum absolute atomic E-state index is 0. The van der Waals surface area contributed by atoms with Crippen LogP contribution in [0.5, 0.6) is 11.5 Å². The number of halogens is 4. The van der Waals surface area contributed by atoms with Crippen molar-refractivity contribution in [1.29, 1.82) is 0 Å². The quantitative estimate of drug-likeness (QED) is 0.335. The van der Waals surface area contributed by atoms with Gasteiger partial charge in [-0.15, -0.1) is 0 Å². The number of fused-ring (bicyclic) bond motifs is 2. The molecule has 3 aromatic carbocycles. The summed E-state index contributed by atoms with van der Waals surface area (Å²) in [6.45, 7) is 0.696. The van der Waals surface area contributed by atoms with Gasteiger partial charge in [-0.25, -0.2) is 4.98 Å². The molecule has 39 heavy (non-hydrogen) atoms. The van der Waals surface area contributed by atoms with Gasteiger partial charge in [0.25, 0.3) is 0 Å². The Bertz CT molecular complexity index is 1610. The number of benzene rings is 3. The molecule has 0 spiro atoms. The Morgan fingerprint density at radius 3 is 2.67 bits per heavy atom. The molecule has 200 valence electrons. The molecule has 0 fully saturated rings. The molecule has 6 nitrogen and oxygen atoms in total. The molecule has 0 aliphatic carbocycles. The molecule has 0 saturated heterocycles. The molecule has 1 aliphatic heterocycles. The number of ether oxygens (including phenoxy) is 2. The fourth-order valence-corrected chi connectivity index (χ4v) is 5.05. The average molecular weight is 587 g/mol. The molecule has 0 bridgehead atoms. The van der Waals surface area contributed by atoms with Crippen molar-refractivity contribution in [2.24, 2.45) is 5.92 Å². The summed E-state index contributed by atoms with van der Waals surface area (Å²) in [6, 6.07) is 20.9. The Labute approximate surface area is 252 Å². The third-order valence-electron chi connectivity index (χ3n) is 6.12. The zero-order chi connectivity index (χ0) is 26.9. The van der Waals surface area contributed by atoms with Crippen molar-refractivity contribution in [3.8, 4) is 11.5 Å². The van der Waals surface area contributed by atoms with Gasteiger partial charge < -0.3 is 10.9 Å². The standard InChI is InChI=1S/C27H22ClF3N2O4S.Na.H/c28-21-6-4-19-5-7-23(32-25(19)14-21)16-36-24-8-9-26-20(13-24)11-18(15-37-26)10-17-2-1-3-22(12-17)33-38(34,35)27(29,30)31;;/h1-9,12-14,18,33H,10-11,15-16H2;;/q;+1;-1. The summed E-state index contributed by atoms with van der Waals surface area (Å²) in [4.78, 5) is 4.60. The molecule has 0 amide bonds. The number of aromatic nitrogens is 1. The van der Waals surface area contributed by atoms with Gasteiger partial charge in [-0.05, 0) is 72.5 Å². The second-order valence-electron chi connectivity index (χ2n) is 9.03. The molecule has 5 rings (SSSR count). The second-order valence-corrected chi connectivity index (χ2v) is 11.1. The van der Waals surface area contributed by atoms with E-state index in [0.717, 1.165) is 27.9 Å². The van der Waals surface area contributed by atoms with E-state index in [9.17, 15) is 21.6 Å². The molecule has 1 atom stereocenters. The van der Waals surface area contributed by atoms with Gasteiger partial charge in [0.15, 0.2) is 0 Å². The number of rotatable bonds is 7. The summed E-state index contributed by atoms with van der Waals surface area (Å²) in [5, 5.41) is 1.60. The van der Waals surface area contributed by atoms with Crippen molar-refractivity contribution in [2.75, 3.05) is 11.3 Å². The zero-order valence-electron chi connectivity index (χ0n) is 21.8. The maximum atomic E-state index is 12.7. The fourth-order valence-electron chi connectivity index (χ4n) is 4.33. The molecule has 1 aromatic heterocycles. The Morgan fingerprint density at radius 1 is 1.08 bits per heavy atom. The maximum Gasteiger partial charge on any atom is 1.00 e. The monoisotopic (exact) mass is 586 g/mol. The van der Waals surface area contributed by atoms with E-state index in [4.69, 9.17) is 21.1 Å². The van der Waals surface area contributed by atoms with E-state index in [1.165, 1.54) is 18.2 Å². The van der Waals surface area contributed by atoms with Gasteiger partial charge in [0.1, 0.15) is 18.1 Å². The molecule has 0 saturated carbocycles.